The molecule has 2 aromatic heterocycles. The number of hydrogen-bond donors (Lipinski definition) is 1. The minimum atomic E-state index is -0.616. The number of aromatic nitrogens is 4. The number of rotatable bonds is 5. The Labute approximate surface area is 169 Å². The summed E-state index contributed by atoms with van der Waals surface area (Å²) in [7, 11) is 0. The highest BCUT2D eigenvalue weighted by atomic mass is 32.1. The lowest BCUT2D eigenvalue weighted by atomic mass is 9.96. The van der Waals surface area contributed by atoms with E-state index in [1.165, 1.54) is 22.3 Å². The van der Waals surface area contributed by atoms with Crippen molar-refractivity contribution in [3.8, 4) is 11.8 Å². The summed E-state index contributed by atoms with van der Waals surface area (Å²) in [6, 6.07) is 8.66. The molecular formula is C19H16N6O3S. The summed E-state index contributed by atoms with van der Waals surface area (Å²) >= 11 is 1.43. The highest BCUT2D eigenvalue weighted by Gasteiger charge is 2.22. The lowest BCUT2D eigenvalue weighted by molar-refractivity contribution is -0.119. The molecule has 2 heterocycles. The van der Waals surface area contributed by atoms with E-state index in [-0.39, 0.29) is 0 Å². The van der Waals surface area contributed by atoms with Crippen LogP contribution >= 0.6 is 11.3 Å². The number of hydrogen-bond acceptors (Lipinski definition) is 8. The SMILES string of the molecule is N#Cc1c(NC(=O)COC(=O)c2ccc(-n3cnnn3)cc2)sc2c1CCCC2. The molecule has 1 amide bonds. The largest absolute Gasteiger partial charge is 0.452 e. The van der Waals surface area contributed by atoms with Gasteiger partial charge < -0.3 is 10.1 Å². The number of nitrogens with one attached hydrogen (secondary N) is 1. The van der Waals surface area contributed by atoms with Crippen LogP contribution in [0, 0.1) is 11.3 Å². The van der Waals surface area contributed by atoms with Gasteiger partial charge in [0.2, 0.25) is 0 Å². The molecular weight excluding hydrogens is 392 g/mol. The first kappa shape index (κ1) is 18.8. The van der Waals surface area contributed by atoms with E-state index < -0.39 is 18.5 Å². The third kappa shape index (κ3) is 4.00. The zero-order valence-corrected chi connectivity index (χ0v) is 16.1. The minimum absolute atomic E-state index is 0.305. The zero-order valence-electron chi connectivity index (χ0n) is 15.3. The average molecular weight is 408 g/mol. The summed E-state index contributed by atoms with van der Waals surface area (Å²) in [5, 5.41) is 23.5. The fourth-order valence-electron chi connectivity index (χ4n) is 3.18. The molecule has 0 saturated carbocycles. The number of nitrogens with zero attached hydrogens (tertiary/aromatic N) is 5. The topological polar surface area (TPSA) is 123 Å². The summed E-state index contributed by atoms with van der Waals surface area (Å²) in [5.74, 6) is -1.09. The molecule has 0 radical (unpaired) electrons. The first-order valence-corrected chi connectivity index (χ1v) is 9.82. The van der Waals surface area contributed by atoms with Crippen LogP contribution in [0.3, 0.4) is 0 Å². The number of benzene rings is 1. The molecule has 0 atom stereocenters. The predicted molar refractivity (Wildman–Crippen MR) is 104 cm³/mol. The third-order valence-electron chi connectivity index (χ3n) is 4.59. The molecule has 0 spiro atoms. The van der Waals surface area contributed by atoms with Gasteiger partial charge in [0.1, 0.15) is 17.4 Å². The van der Waals surface area contributed by atoms with Gasteiger partial charge in [-0.25, -0.2) is 9.48 Å². The van der Waals surface area contributed by atoms with Gasteiger partial charge in [0.15, 0.2) is 6.61 Å². The molecule has 29 heavy (non-hydrogen) atoms. The molecule has 3 aromatic rings. The van der Waals surface area contributed by atoms with Gasteiger partial charge in [0.05, 0.1) is 16.8 Å². The Balaban J connectivity index is 1.36. The number of fused-ring (bicyclic) bond motifs is 1. The molecule has 0 aliphatic heterocycles. The third-order valence-corrected chi connectivity index (χ3v) is 5.79. The van der Waals surface area contributed by atoms with Crippen LogP contribution in [0.1, 0.15) is 39.2 Å². The Kier molecular flexibility index (Phi) is 5.31. The molecule has 0 saturated heterocycles. The zero-order chi connectivity index (χ0) is 20.2. The van der Waals surface area contributed by atoms with Crippen molar-refractivity contribution < 1.29 is 14.3 Å². The number of tetrazole rings is 1. The second kappa shape index (κ2) is 8.20. The van der Waals surface area contributed by atoms with Crippen LogP contribution < -0.4 is 5.32 Å². The number of anilines is 1. The van der Waals surface area contributed by atoms with Crippen LogP contribution in [0.25, 0.3) is 5.69 Å². The molecule has 4 rings (SSSR count). The Morgan fingerprint density at radius 2 is 2.03 bits per heavy atom. The van der Waals surface area contributed by atoms with Crippen LogP contribution in [0.2, 0.25) is 0 Å². The average Bonchev–Trinajstić information content (AvgIpc) is 3.39. The van der Waals surface area contributed by atoms with Gasteiger partial charge in [0.25, 0.3) is 5.91 Å². The van der Waals surface area contributed by atoms with Gasteiger partial charge in [-0.2, -0.15) is 5.26 Å². The van der Waals surface area contributed by atoms with E-state index in [1.54, 1.807) is 24.3 Å². The van der Waals surface area contributed by atoms with E-state index >= 15 is 0 Å². The van der Waals surface area contributed by atoms with E-state index in [0.29, 0.717) is 21.8 Å². The molecule has 0 unspecified atom stereocenters. The van der Waals surface area contributed by atoms with Crippen molar-refractivity contribution >= 4 is 28.2 Å². The molecule has 10 heteroatoms. The molecule has 0 bridgehead atoms. The monoisotopic (exact) mass is 408 g/mol. The lowest BCUT2D eigenvalue weighted by Crippen LogP contribution is -2.21. The summed E-state index contributed by atoms with van der Waals surface area (Å²) in [5.41, 5.74) is 2.56. The standard InChI is InChI=1S/C19H16N6O3S/c20-9-15-14-3-1-2-4-16(14)29-18(15)22-17(26)10-28-19(27)12-5-7-13(8-6-12)25-11-21-23-24-25/h5-8,11H,1-4,10H2,(H,22,26). The quantitative estimate of drug-likeness (QED) is 0.642. The van der Waals surface area contributed by atoms with Gasteiger partial charge >= 0.3 is 5.97 Å². The van der Waals surface area contributed by atoms with Gasteiger partial charge in [0, 0.05) is 4.88 Å². The second-order valence-electron chi connectivity index (χ2n) is 6.45. The fourth-order valence-corrected chi connectivity index (χ4v) is 4.44. The van der Waals surface area contributed by atoms with E-state index in [4.69, 9.17) is 4.74 Å². The maximum Gasteiger partial charge on any atom is 0.338 e. The van der Waals surface area contributed by atoms with Crippen molar-refractivity contribution in [3.63, 3.8) is 0 Å². The Hall–Kier alpha value is -3.58. The number of ether oxygens (including phenoxy) is 1. The number of amides is 1. The molecule has 1 aromatic carbocycles. The van der Waals surface area contributed by atoms with Crippen molar-refractivity contribution in [2.75, 3.05) is 11.9 Å². The summed E-state index contributed by atoms with van der Waals surface area (Å²) in [6.07, 6.45) is 5.38. The van der Waals surface area contributed by atoms with Gasteiger partial charge in [-0.05, 0) is 65.9 Å². The number of esters is 1. The Bertz CT molecular complexity index is 1080. The Morgan fingerprint density at radius 3 is 2.76 bits per heavy atom. The van der Waals surface area contributed by atoms with Crippen LogP contribution in [0.4, 0.5) is 5.00 Å². The minimum Gasteiger partial charge on any atom is -0.452 e. The normalized spacial score (nSPS) is 12.7. The maximum atomic E-state index is 12.2. The van der Waals surface area contributed by atoms with Crippen molar-refractivity contribution in [2.45, 2.75) is 25.7 Å². The van der Waals surface area contributed by atoms with Crippen molar-refractivity contribution in [1.82, 2.24) is 20.2 Å². The van der Waals surface area contributed by atoms with Crippen LogP contribution in [-0.2, 0) is 22.4 Å². The highest BCUT2D eigenvalue weighted by molar-refractivity contribution is 7.16. The second-order valence-corrected chi connectivity index (χ2v) is 7.56. The number of carbonyl (C=O) groups is 2. The van der Waals surface area contributed by atoms with Crippen molar-refractivity contribution in [1.29, 1.82) is 5.26 Å². The van der Waals surface area contributed by atoms with Gasteiger partial charge in [-0.15, -0.1) is 16.4 Å². The number of aryl methyl sites for hydroxylation is 1. The lowest BCUT2D eigenvalue weighted by Gasteiger charge is -2.09. The van der Waals surface area contributed by atoms with Crippen LogP contribution in [0.15, 0.2) is 30.6 Å². The molecule has 1 N–H and O–H groups in total. The number of carbonyl (C=O) groups excluding carboxylic acids is 2. The van der Waals surface area contributed by atoms with Crippen LogP contribution in [0.5, 0.6) is 0 Å². The molecule has 146 valence electrons. The molecule has 9 nitrogen and oxygen atoms in total. The summed E-state index contributed by atoms with van der Waals surface area (Å²) in [4.78, 5) is 25.6. The van der Waals surface area contributed by atoms with Gasteiger partial charge in [-0.3, -0.25) is 4.79 Å². The van der Waals surface area contributed by atoms with Crippen molar-refractivity contribution in [3.05, 3.63) is 52.2 Å². The summed E-state index contributed by atoms with van der Waals surface area (Å²) in [6.45, 7) is -0.430. The first-order chi connectivity index (χ1) is 14.2. The number of thiophene rings is 1. The molecule has 0 fully saturated rings. The summed E-state index contributed by atoms with van der Waals surface area (Å²) < 4.78 is 6.55. The molecule has 1 aliphatic rings. The first-order valence-electron chi connectivity index (χ1n) is 9.00. The predicted octanol–water partition coefficient (Wildman–Crippen LogP) is 2.27. The Morgan fingerprint density at radius 1 is 1.24 bits per heavy atom. The van der Waals surface area contributed by atoms with E-state index in [9.17, 15) is 14.9 Å². The number of nitriles is 1. The molecule has 1 aliphatic carbocycles. The van der Waals surface area contributed by atoms with Crippen molar-refractivity contribution in [2.24, 2.45) is 0 Å². The van der Waals surface area contributed by atoms with E-state index in [0.717, 1.165) is 36.1 Å². The highest BCUT2D eigenvalue weighted by Crippen LogP contribution is 2.37. The fraction of sp³-hybridized carbons (Fsp3) is 0.263. The van der Waals surface area contributed by atoms with Gasteiger partial charge in [-0.1, -0.05) is 0 Å². The smallest absolute Gasteiger partial charge is 0.338 e. The van der Waals surface area contributed by atoms with Crippen LogP contribution in [-0.4, -0.2) is 38.7 Å². The maximum absolute atomic E-state index is 12.2. The van der Waals surface area contributed by atoms with E-state index in [1.807, 2.05) is 0 Å². The van der Waals surface area contributed by atoms with E-state index in [2.05, 4.69) is 26.9 Å².